The van der Waals surface area contributed by atoms with E-state index < -0.39 is 5.97 Å². The van der Waals surface area contributed by atoms with E-state index in [0.717, 1.165) is 25.7 Å². The number of hydrogen-bond donors (Lipinski definition) is 1. The number of allylic oxidation sites excluding steroid dienone is 3. The molecule has 0 atom stereocenters. The minimum atomic E-state index is -0.699. The van der Waals surface area contributed by atoms with E-state index in [-0.39, 0.29) is 6.42 Å². The van der Waals surface area contributed by atoms with Gasteiger partial charge in [-0.25, -0.2) is 0 Å². The fraction of sp³-hybridized carbons (Fsp3) is 0.643. The Hall–Kier alpha value is -1.05. The summed E-state index contributed by atoms with van der Waals surface area (Å²) in [5, 5.41) is 8.43. The quantitative estimate of drug-likeness (QED) is 0.419. The summed E-state index contributed by atoms with van der Waals surface area (Å²) in [7, 11) is 0. The van der Waals surface area contributed by atoms with Crippen LogP contribution in [0.5, 0.6) is 0 Å². The van der Waals surface area contributed by atoms with E-state index in [1.165, 1.54) is 25.7 Å². The van der Waals surface area contributed by atoms with Gasteiger partial charge in [0.25, 0.3) is 0 Å². The summed E-state index contributed by atoms with van der Waals surface area (Å²) >= 11 is 0. The second-order valence-electron chi connectivity index (χ2n) is 4.04. The van der Waals surface area contributed by atoms with Gasteiger partial charge >= 0.3 is 5.97 Å². The summed E-state index contributed by atoms with van der Waals surface area (Å²) in [6, 6.07) is 0. The van der Waals surface area contributed by atoms with Crippen LogP contribution in [0.15, 0.2) is 24.8 Å². The van der Waals surface area contributed by atoms with Crippen molar-refractivity contribution in [2.24, 2.45) is 0 Å². The van der Waals surface area contributed by atoms with E-state index in [4.69, 9.17) is 5.11 Å². The lowest BCUT2D eigenvalue weighted by Crippen LogP contribution is -1.92. The highest BCUT2D eigenvalue weighted by atomic mass is 16.4. The fourth-order valence-electron chi connectivity index (χ4n) is 1.51. The number of carbonyl (C=O) groups is 1. The Morgan fingerprint density at radius 2 is 1.50 bits per heavy atom. The molecule has 0 unspecified atom stereocenters. The molecule has 2 heteroatoms. The maximum absolute atomic E-state index is 10.2. The zero-order valence-corrected chi connectivity index (χ0v) is 10.2. The van der Waals surface area contributed by atoms with Gasteiger partial charge in [0.2, 0.25) is 0 Å². The molecule has 0 amide bonds. The van der Waals surface area contributed by atoms with Crippen molar-refractivity contribution in [3.63, 3.8) is 0 Å². The third-order valence-corrected chi connectivity index (χ3v) is 2.46. The number of hydrogen-bond acceptors (Lipinski definition) is 1. The van der Waals surface area contributed by atoms with Gasteiger partial charge in [-0.1, -0.05) is 31.1 Å². The predicted octanol–water partition coefficient (Wildman–Crippen LogP) is 4.32. The van der Waals surface area contributed by atoms with Crippen molar-refractivity contribution in [2.45, 2.75) is 57.8 Å². The first-order chi connectivity index (χ1) is 7.77. The molecule has 92 valence electrons. The van der Waals surface area contributed by atoms with E-state index in [9.17, 15) is 4.79 Å². The monoisotopic (exact) mass is 224 g/mol. The summed E-state index contributed by atoms with van der Waals surface area (Å²) in [4.78, 5) is 10.2. The molecule has 0 saturated carbocycles. The standard InChI is InChI=1S/C14H24O2/c1-2-3-4-5-6-7-8-9-10-11-12-13-14(15)16/h2,9-10H,1,3-8,11-13H2,(H,15,16)/b10-9+. The lowest BCUT2D eigenvalue weighted by molar-refractivity contribution is -0.137. The molecule has 0 saturated heterocycles. The van der Waals surface area contributed by atoms with Gasteiger partial charge in [-0.15, -0.1) is 6.58 Å². The number of carboxylic acids is 1. The van der Waals surface area contributed by atoms with Crippen molar-refractivity contribution in [1.29, 1.82) is 0 Å². The first kappa shape index (κ1) is 14.9. The highest BCUT2D eigenvalue weighted by Crippen LogP contribution is 2.06. The SMILES string of the molecule is C=CCCCCCC/C=C/CCCC(=O)O. The molecule has 0 rings (SSSR count). The molecular formula is C14H24O2. The molecule has 0 aliphatic rings. The number of aliphatic carboxylic acids is 1. The molecule has 0 aromatic heterocycles. The minimum absolute atomic E-state index is 0.284. The van der Waals surface area contributed by atoms with Gasteiger partial charge in [0.05, 0.1) is 0 Å². The first-order valence-electron chi connectivity index (χ1n) is 6.25. The molecule has 0 spiro atoms. The van der Waals surface area contributed by atoms with Gasteiger partial charge in [0.1, 0.15) is 0 Å². The zero-order chi connectivity index (χ0) is 12.1. The second-order valence-corrected chi connectivity index (χ2v) is 4.04. The van der Waals surface area contributed by atoms with Crippen molar-refractivity contribution in [3.05, 3.63) is 24.8 Å². The summed E-state index contributed by atoms with van der Waals surface area (Å²) in [6.07, 6.45) is 15.5. The van der Waals surface area contributed by atoms with Crippen LogP contribution in [0.25, 0.3) is 0 Å². The van der Waals surface area contributed by atoms with E-state index in [1.807, 2.05) is 6.08 Å². The smallest absolute Gasteiger partial charge is 0.303 e. The van der Waals surface area contributed by atoms with Crippen molar-refractivity contribution in [2.75, 3.05) is 0 Å². The van der Waals surface area contributed by atoms with Gasteiger partial charge in [0.15, 0.2) is 0 Å². The number of carboxylic acid groups (broad SMARTS) is 1. The van der Waals surface area contributed by atoms with Crippen molar-refractivity contribution in [3.8, 4) is 0 Å². The van der Waals surface area contributed by atoms with Gasteiger partial charge in [-0.3, -0.25) is 4.79 Å². The highest BCUT2D eigenvalue weighted by Gasteiger charge is 1.93. The normalized spacial score (nSPS) is 10.8. The Bertz CT molecular complexity index is 207. The minimum Gasteiger partial charge on any atom is -0.481 e. The predicted molar refractivity (Wildman–Crippen MR) is 68.5 cm³/mol. The van der Waals surface area contributed by atoms with Gasteiger partial charge in [-0.2, -0.15) is 0 Å². The molecule has 0 fully saturated rings. The topological polar surface area (TPSA) is 37.3 Å². The van der Waals surface area contributed by atoms with Crippen LogP contribution in [-0.4, -0.2) is 11.1 Å². The zero-order valence-electron chi connectivity index (χ0n) is 10.2. The average Bonchev–Trinajstić information content (AvgIpc) is 2.25. The lowest BCUT2D eigenvalue weighted by Gasteiger charge is -1.96. The number of rotatable bonds is 11. The van der Waals surface area contributed by atoms with E-state index >= 15 is 0 Å². The highest BCUT2D eigenvalue weighted by molar-refractivity contribution is 5.66. The van der Waals surface area contributed by atoms with Crippen molar-refractivity contribution >= 4 is 5.97 Å². The molecule has 0 aliphatic carbocycles. The maximum atomic E-state index is 10.2. The van der Waals surface area contributed by atoms with E-state index in [2.05, 4.69) is 18.7 Å². The molecule has 0 radical (unpaired) electrons. The van der Waals surface area contributed by atoms with Gasteiger partial charge in [0, 0.05) is 6.42 Å². The Morgan fingerprint density at radius 3 is 2.06 bits per heavy atom. The summed E-state index contributed by atoms with van der Waals surface area (Å²) < 4.78 is 0. The van der Waals surface area contributed by atoms with Crippen molar-refractivity contribution < 1.29 is 9.90 Å². The lowest BCUT2D eigenvalue weighted by atomic mass is 10.1. The van der Waals surface area contributed by atoms with Crippen LogP contribution in [0.1, 0.15) is 57.8 Å². The van der Waals surface area contributed by atoms with Crippen LogP contribution >= 0.6 is 0 Å². The Balaban J connectivity index is 3.09. The summed E-state index contributed by atoms with van der Waals surface area (Å²) in [6.45, 7) is 3.70. The van der Waals surface area contributed by atoms with Crippen LogP contribution in [0.3, 0.4) is 0 Å². The first-order valence-corrected chi connectivity index (χ1v) is 6.25. The molecule has 0 aromatic rings. The fourth-order valence-corrected chi connectivity index (χ4v) is 1.51. The molecule has 0 aliphatic heterocycles. The number of unbranched alkanes of at least 4 members (excludes halogenated alkanes) is 6. The van der Waals surface area contributed by atoms with E-state index in [1.54, 1.807) is 0 Å². The summed E-state index contributed by atoms with van der Waals surface area (Å²) in [5.74, 6) is -0.699. The third kappa shape index (κ3) is 12.9. The molecule has 16 heavy (non-hydrogen) atoms. The van der Waals surface area contributed by atoms with Crippen LogP contribution in [0.2, 0.25) is 0 Å². The van der Waals surface area contributed by atoms with Gasteiger partial charge < -0.3 is 5.11 Å². The van der Waals surface area contributed by atoms with Crippen LogP contribution < -0.4 is 0 Å². The Labute approximate surface area is 99.1 Å². The van der Waals surface area contributed by atoms with Crippen LogP contribution in [0, 0.1) is 0 Å². The molecule has 0 heterocycles. The largest absolute Gasteiger partial charge is 0.481 e. The van der Waals surface area contributed by atoms with Crippen LogP contribution in [0.4, 0.5) is 0 Å². The average molecular weight is 224 g/mol. The maximum Gasteiger partial charge on any atom is 0.303 e. The Morgan fingerprint density at radius 1 is 0.938 bits per heavy atom. The van der Waals surface area contributed by atoms with Gasteiger partial charge in [-0.05, 0) is 38.5 Å². The molecule has 0 aromatic carbocycles. The van der Waals surface area contributed by atoms with Crippen LogP contribution in [-0.2, 0) is 4.79 Å². The molecule has 0 bridgehead atoms. The third-order valence-electron chi connectivity index (χ3n) is 2.46. The second kappa shape index (κ2) is 12.0. The molecule has 2 nitrogen and oxygen atoms in total. The molecule has 1 N–H and O–H groups in total. The van der Waals surface area contributed by atoms with E-state index in [0.29, 0.717) is 0 Å². The molecular weight excluding hydrogens is 200 g/mol. The van der Waals surface area contributed by atoms with Crippen molar-refractivity contribution in [1.82, 2.24) is 0 Å². The Kier molecular flexibility index (Phi) is 11.2. The summed E-state index contributed by atoms with van der Waals surface area (Å²) in [5.41, 5.74) is 0.